The molecule has 1 aliphatic rings. The molecule has 0 aromatic carbocycles. The molecule has 1 fully saturated rings. The van der Waals surface area contributed by atoms with Gasteiger partial charge < -0.3 is 9.88 Å². The average molecular weight is 221 g/mol. The van der Waals surface area contributed by atoms with Crippen molar-refractivity contribution in [3.05, 3.63) is 17.2 Å². The van der Waals surface area contributed by atoms with Gasteiger partial charge in [0.15, 0.2) is 0 Å². The molecule has 1 heterocycles. The zero-order valence-corrected chi connectivity index (χ0v) is 10.7. The Hall–Kier alpha value is -0.830. The predicted octanol–water partition coefficient (Wildman–Crippen LogP) is 2.50. The Kier molecular flexibility index (Phi) is 3.64. The largest absolute Gasteiger partial charge is 0.335 e. The van der Waals surface area contributed by atoms with Gasteiger partial charge in [-0.3, -0.25) is 0 Å². The SMILES string of the molecule is CNCc1nc(C)n(C)c1C1CCCCC1. The van der Waals surface area contributed by atoms with Crippen LogP contribution in [-0.2, 0) is 13.6 Å². The second kappa shape index (κ2) is 5.00. The van der Waals surface area contributed by atoms with E-state index in [0.29, 0.717) is 0 Å². The highest BCUT2D eigenvalue weighted by atomic mass is 15.1. The van der Waals surface area contributed by atoms with Gasteiger partial charge >= 0.3 is 0 Å². The molecular formula is C13H23N3. The van der Waals surface area contributed by atoms with Gasteiger partial charge in [-0.25, -0.2) is 4.98 Å². The van der Waals surface area contributed by atoms with E-state index in [0.717, 1.165) is 18.3 Å². The topological polar surface area (TPSA) is 29.9 Å². The third-order valence-corrected chi connectivity index (χ3v) is 3.78. The van der Waals surface area contributed by atoms with E-state index in [-0.39, 0.29) is 0 Å². The molecule has 1 aromatic rings. The van der Waals surface area contributed by atoms with Crippen molar-refractivity contribution in [2.45, 2.75) is 51.5 Å². The standard InChI is InChI=1S/C13H23N3/c1-10-15-12(9-14-2)13(16(10)3)11-7-5-4-6-8-11/h11,14H,4-9H2,1-3H3. The molecule has 3 nitrogen and oxygen atoms in total. The van der Waals surface area contributed by atoms with E-state index in [1.807, 2.05) is 7.05 Å². The van der Waals surface area contributed by atoms with E-state index >= 15 is 0 Å². The number of rotatable bonds is 3. The van der Waals surface area contributed by atoms with Crippen LogP contribution in [0.5, 0.6) is 0 Å². The first-order chi connectivity index (χ1) is 7.74. The number of nitrogens with one attached hydrogen (secondary N) is 1. The molecule has 1 aromatic heterocycles. The monoisotopic (exact) mass is 221 g/mol. The lowest BCUT2D eigenvalue weighted by atomic mass is 9.86. The highest BCUT2D eigenvalue weighted by molar-refractivity contribution is 5.21. The molecule has 0 aliphatic heterocycles. The molecule has 0 radical (unpaired) electrons. The summed E-state index contributed by atoms with van der Waals surface area (Å²) in [4.78, 5) is 4.68. The highest BCUT2D eigenvalue weighted by Crippen LogP contribution is 2.34. The van der Waals surface area contributed by atoms with E-state index in [2.05, 4.69) is 28.8 Å². The molecule has 1 N–H and O–H groups in total. The van der Waals surface area contributed by atoms with Gasteiger partial charge in [-0.15, -0.1) is 0 Å². The smallest absolute Gasteiger partial charge is 0.105 e. The maximum atomic E-state index is 4.68. The van der Waals surface area contributed by atoms with Crippen LogP contribution in [0.2, 0.25) is 0 Å². The van der Waals surface area contributed by atoms with Crippen molar-refractivity contribution in [3.8, 4) is 0 Å². The van der Waals surface area contributed by atoms with Crippen LogP contribution in [0.3, 0.4) is 0 Å². The minimum atomic E-state index is 0.739. The molecule has 2 rings (SSSR count). The zero-order valence-electron chi connectivity index (χ0n) is 10.7. The minimum absolute atomic E-state index is 0.739. The quantitative estimate of drug-likeness (QED) is 0.850. The summed E-state index contributed by atoms with van der Waals surface area (Å²) in [6.45, 7) is 3.00. The van der Waals surface area contributed by atoms with Crippen LogP contribution in [0.1, 0.15) is 55.2 Å². The summed E-state index contributed by atoms with van der Waals surface area (Å²) in [7, 11) is 4.15. The van der Waals surface area contributed by atoms with Crippen LogP contribution in [0.4, 0.5) is 0 Å². The number of hydrogen-bond donors (Lipinski definition) is 1. The molecule has 1 aliphatic carbocycles. The van der Waals surface area contributed by atoms with Crippen LogP contribution in [0, 0.1) is 6.92 Å². The Balaban J connectivity index is 2.28. The maximum Gasteiger partial charge on any atom is 0.105 e. The first-order valence-electron chi connectivity index (χ1n) is 6.40. The molecule has 0 spiro atoms. The molecule has 0 saturated heterocycles. The summed E-state index contributed by atoms with van der Waals surface area (Å²) < 4.78 is 2.29. The molecule has 16 heavy (non-hydrogen) atoms. The number of nitrogens with zero attached hydrogens (tertiary/aromatic N) is 2. The third kappa shape index (κ3) is 2.14. The van der Waals surface area contributed by atoms with Crippen molar-refractivity contribution < 1.29 is 0 Å². The Bertz CT molecular complexity index is 348. The van der Waals surface area contributed by atoms with Gasteiger partial charge in [0.25, 0.3) is 0 Å². The van der Waals surface area contributed by atoms with Gasteiger partial charge in [-0.2, -0.15) is 0 Å². The van der Waals surface area contributed by atoms with E-state index in [4.69, 9.17) is 0 Å². The van der Waals surface area contributed by atoms with Gasteiger partial charge in [0.2, 0.25) is 0 Å². The Morgan fingerprint density at radius 1 is 1.31 bits per heavy atom. The lowest BCUT2D eigenvalue weighted by molar-refractivity contribution is 0.425. The fourth-order valence-corrected chi connectivity index (χ4v) is 2.88. The zero-order chi connectivity index (χ0) is 11.5. The van der Waals surface area contributed by atoms with Gasteiger partial charge in [-0.1, -0.05) is 19.3 Å². The van der Waals surface area contributed by atoms with Crippen LogP contribution >= 0.6 is 0 Å². The van der Waals surface area contributed by atoms with Crippen molar-refractivity contribution in [3.63, 3.8) is 0 Å². The Morgan fingerprint density at radius 2 is 2.00 bits per heavy atom. The van der Waals surface area contributed by atoms with Crippen LogP contribution in [0.25, 0.3) is 0 Å². The summed E-state index contributed by atoms with van der Waals surface area (Å²) >= 11 is 0. The molecule has 0 unspecified atom stereocenters. The van der Waals surface area contributed by atoms with Crippen molar-refractivity contribution >= 4 is 0 Å². The molecule has 0 amide bonds. The lowest BCUT2D eigenvalue weighted by Gasteiger charge is -2.23. The Morgan fingerprint density at radius 3 is 2.62 bits per heavy atom. The van der Waals surface area contributed by atoms with E-state index in [9.17, 15) is 0 Å². The van der Waals surface area contributed by atoms with Crippen molar-refractivity contribution in [2.24, 2.45) is 7.05 Å². The predicted molar refractivity (Wildman–Crippen MR) is 66.5 cm³/mol. The Labute approximate surface area is 98.3 Å². The normalized spacial score (nSPS) is 17.9. The molecule has 90 valence electrons. The number of imidazole rings is 1. The second-order valence-electron chi connectivity index (χ2n) is 4.92. The van der Waals surface area contributed by atoms with E-state index < -0.39 is 0 Å². The van der Waals surface area contributed by atoms with Gasteiger partial charge in [0.1, 0.15) is 5.82 Å². The maximum absolute atomic E-state index is 4.68. The molecule has 0 atom stereocenters. The summed E-state index contributed by atoms with van der Waals surface area (Å²) in [5.41, 5.74) is 2.74. The lowest BCUT2D eigenvalue weighted by Crippen LogP contribution is -2.14. The fourth-order valence-electron chi connectivity index (χ4n) is 2.88. The molecule has 3 heteroatoms. The summed E-state index contributed by atoms with van der Waals surface area (Å²) in [5, 5.41) is 3.23. The first kappa shape index (κ1) is 11.6. The van der Waals surface area contributed by atoms with Crippen LogP contribution < -0.4 is 5.32 Å². The van der Waals surface area contributed by atoms with Crippen LogP contribution in [0.15, 0.2) is 0 Å². The van der Waals surface area contributed by atoms with E-state index in [1.165, 1.54) is 43.5 Å². The van der Waals surface area contributed by atoms with Crippen molar-refractivity contribution in [1.29, 1.82) is 0 Å². The molecule has 1 saturated carbocycles. The van der Waals surface area contributed by atoms with Crippen LogP contribution in [-0.4, -0.2) is 16.6 Å². The third-order valence-electron chi connectivity index (χ3n) is 3.78. The number of hydrogen-bond acceptors (Lipinski definition) is 2. The molecule has 0 bridgehead atoms. The summed E-state index contributed by atoms with van der Waals surface area (Å²) in [6, 6.07) is 0. The van der Waals surface area contributed by atoms with Gasteiger partial charge in [-0.05, 0) is 26.8 Å². The minimum Gasteiger partial charge on any atom is -0.335 e. The second-order valence-corrected chi connectivity index (χ2v) is 4.92. The highest BCUT2D eigenvalue weighted by Gasteiger charge is 2.23. The van der Waals surface area contributed by atoms with E-state index in [1.54, 1.807) is 0 Å². The van der Waals surface area contributed by atoms with Gasteiger partial charge in [0.05, 0.1) is 5.69 Å². The average Bonchev–Trinajstić information content (AvgIpc) is 2.57. The summed E-state index contributed by atoms with van der Waals surface area (Å²) in [5.74, 6) is 1.88. The number of aromatic nitrogens is 2. The number of aryl methyl sites for hydroxylation is 1. The summed E-state index contributed by atoms with van der Waals surface area (Å²) in [6.07, 6.45) is 6.86. The first-order valence-corrected chi connectivity index (χ1v) is 6.40. The van der Waals surface area contributed by atoms with Crippen molar-refractivity contribution in [1.82, 2.24) is 14.9 Å². The van der Waals surface area contributed by atoms with Crippen molar-refractivity contribution in [2.75, 3.05) is 7.05 Å². The molecular weight excluding hydrogens is 198 g/mol. The fraction of sp³-hybridized carbons (Fsp3) is 0.769. The van der Waals surface area contributed by atoms with Gasteiger partial charge in [0, 0.05) is 25.2 Å².